The molecule has 1 aliphatic heterocycles. The molecule has 0 bridgehead atoms. The fraction of sp³-hybridized carbons (Fsp3) is 0.200. The van der Waals surface area contributed by atoms with Crippen molar-refractivity contribution in [2.75, 3.05) is 17.7 Å². The number of para-hydroxylation sites is 3. The summed E-state index contributed by atoms with van der Waals surface area (Å²) < 4.78 is 9.56. The van der Waals surface area contributed by atoms with Gasteiger partial charge in [0.1, 0.15) is 11.2 Å². The van der Waals surface area contributed by atoms with Crippen LogP contribution in [0.5, 0.6) is 5.75 Å². The van der Waals surface area contributed by atoms with E-state index in [1.54, 1.807) is 23.1 Å². The van der Waals surface area contributed by atoms with Crippen LogP contribution in [0.1, 0.15) is 18.9 Å². The number of hydrogen-bond acceptors (Lipinski definition) is 5. The van der Waals surface area contributed by atoms with Gasteiger partial charge in [0.15, 0.2) is 11.5 Å². The van der Waals surface area contributed by atoms with Gasteiger partial charge in [-0.05, 0) is 38.3 Å². The number of benzene rings is 2. The third-order valence-electron chi connectivity index (χ3n) is 5.62. The van der Waals surface area contributed by atoms with E-state index in [4.69, 9.17) is 4.74 Å². The Kier molecular flexibility index (Phi) is 5.20. The number of aromatic nitrogens is 1. The molecule has 0 spiro atoms. The van der Waals surface area contributed by atoms with E-state index < -0.39 is 0 Å². The number of thioether (sulfide) groups is 1. The maximum atomic E-state index is 13.1. The Balaban J connectivity index is 1.54. The number of nitrogens with zero attached hydrogens (tertiary/aromatic N) is 2. The Hall–Kier alpha value is -2.83. The summed E-state index contributed by atoms with van der Waals surface area (Å²) in [4.78, 5) is 16.3. The summed E-state index contributed by atoms with van der Waals surface area (Å²) in [6.07, 6.45) is 5.97. The lowest BCUT2D eigenvalue weighted by atomic mass is 9.89. The molecule has 31 heavy (non-hydrogen) atoms. The lowest BCUT2D eigenvalue weighted by molar-refractivity contribution is -0.665. The number of allylic oxidation sites excluding steroid dienone is 3. The topological polar surface area (TPSA) is 33.4 Å². The molecule has 156 valence electrons. The normalized spacial score (nSPS) is 18.2. The molecule has 0 saturated heterocycles. The zero-order valence-corrected chi connectivity index (χ0v) is 19.3. The number of hydrogen-bond donors (Lipinski definition) is 0. The van der Waals surface area contributed by atoms with Gasteiger partial charge in [0.05, 0.1) is 5.69 Å². The van der Waals surface area contributed by atoms with Crippen LogP contribution in [-0.4, -0.2) is 18.6 Å². The maximum Gasteiger partial charge on any atom is 0.263 e. The number of carbonyl (C=O) groups excluding carboxylic acids is 1. The molecule has 4 nitrogen and oxygen atoms in total. The average molecular weight is 448 g/mol. The smallest absolute Gasteiger partial charge is 0.263 e. The number of anilines is 1. The van der Waals surface area contributed by atoms with Crippen LogP contribution in [0.3, 0.4) is 0 Å². The van der Waals surface area contributed by atoms with Gasteiger partial charge < -0.3 is 9.64 Å². The van der Waals surface area contributed by atoms with Crippen molar-refractivity contribution >= 4 is 50.9 Å². The van der Waals surface area contributed by atoms with Crippen LogP contribution >= 0.6 is 23.1 Å². The van der Waals surface area contributed by atoms with Crippen LogP contribution in [0, 0.1) is 0 Å². The number of carbonyl (C=O) groups is 1. The number of thiazole rings is 1. The highest BCUT2D eigenvalue weighted by Crippen LogP contribution is 2.43. The molecule has 2 aromatic carbocycles. The van der Waals surface area contributed by atoms with E-state index in [0.29, 0.717) is 5.88 Å². The van der Waals surface area contributed by atoms with E-state index in [-0.39, 0.29) is 5.78 Å². The summed E-state index contributed by atoms with van der Waals surface area (Å²) in [5.74, 6) is 1.62. The highest BCUT2D eigenvalue weighted by atomic mass is 32.2. The van der Waals surface area contributed by atoms with Crippen LogP contribution in [0.15, 0.2) is 76.5 Å². The van der Waals surface area contributed by atoms with Gasteiger partial charge in [-0.3, -0.25) is 4.79 Å². The summed E-state index contributed by atoms with van der Waals surface area (Å²) in [5.41, 5.74) is 3.76. The summed E-state index contributed by atoms with van der Waals surface area (Å²) in [7, 11) is 0. The van der Waals surface area contributed by atoms with E-state index in [9.17, 15) is 4.79 Å². The standard InChI is InChI=1S/C25H23N2O2S2/c1-4-26-18-10-6-8-12-20(18)29-22(26)14-16-24(28)17(25(16)30-3)15-23-27(5-2)19-11-7-9-13-21(19)31-23/h6-15H,4-5H2,1-3H3/q+1. The Morgan fingerprint density at radius 1 is 1.10 bits per heavy atom. The molecule has 0 amide bonds. The SMILES string of the molecule is CCN1/C(=C\C2=C(SC)C(=C\c3sc4ccccc4[n+]3CC)/C2=O)Oc2ccccc21. The van der Waals surface area contributed by atoms with Gasteiger partial charge >= 0.3 is 0 Å². The van der Waals surface area contributed by atoms with Gasteiger partial charge in [-0.1, -0.05) is 35.6 Å². The Morgan fingerprint density at radius 2 is 1.87 bits per heavy atom. The monoisotopic (exact) mass is 447 g/mol. The van der Waals surface area contributed by atoms with Crippen LogP contribution in [0.25, 0.3) is 16.3 Å². The lowest BCUT2D eigenvalue weighted by Crippen LogP contribution is -2.34. The maximum absolute atomic E-state index is 13.1. The molecular formula is C25H23N2O2S2+. The van der Waals surface area contributed by atoms with Gasteiger partial charge in [0.25, 0.3) is 5.01 Å². The Morgan fingerprint density at radius 3 is 2.65 bits per heavy atom. The van der Waals surface area contributed by atoms with Crippen molar-refractivity contribution in [2.45, 2.75) is 20.4 Å². The fourth-order valence-corrected chi connectivity index (χ4v) is 6.05. The second-order valence-corrected chi connectivity index (χ2v) is 9.16. The molecule has 1 aromatic heterocycles. The molecule has 5 rings (SSSR count). The molecule has 2 aliphatic rings. The van der Waals surface area contributed by atoms with Gasteiger partial charge in [0, 0.05) is 40.8 Å². The van der Waals surface area contributed by atoms with Crippen molar-refractivity contribution in [3.05, 3.63) is 81.5 Å². The predicted octanol–water partition coefficient (Wildman–Crippen LogP) is 5.55. The Bertz CT molecular complexity index is 1300. The quantitative estimate of drug-likeness (QED) is 0.379. The van der Waals surface area contributed by atoms with Gasteiger partial charge in [0.2, 0.25) is 11.4 Å². The van der Waals surface area contributed by atoms with Crippen molar-refractivity contribution in [1.82, 2.24) is 0 Å². The van der Waals surface area contributed by atoms with Crippen LogP contribution in [0.4, 0.5) is 5.69 Å². The van der Waals surface area contributed by atoms with Crippen molar-refractivity contribution in [3.8, 4) is 5.75 Å². The number of rotatable bonds is 5. The van der Waals surface area contributed by atoms with Crippen LogP contribution in [-0.2, 0) is 11.3 Å². The molecule has 0 unspecified atom stereocenters. The molecular weight excluding hydrogens is 424 g/mol. The zero-order valence-electron chi connectivity index (χ0n) is 17.7. The van der Waals surface area contributed by atoms with E-state index in [1.165, 1.54) is 10.2 Å². The summed E-state index contributed by atoms with van der Waals surface area (Å²) in [6.45, 7) is 5.87. The first kappa shape index (κ1) is 20.1. The van der Waals surface area contributed by atoms with E-state index >= 15 is 0 Å². The summed E-state index contributed by atoms with van der Waals surface area (Å²) in [6, 6.07) is 16.4. The number of ketones is 1. The fourth-order valence-electron chi connectivity index (χ4n) is 4.14. The number of aryl methyl sites for hydroxylation is 1. The van der Waals surface area contributed by atoms with E-state index in [2.05, 4.69) is 47.6 Å². The van der Waals surface area contributed by atoms with Gasteiger partial charge in [-0.2, -0.15) is 4.57 Å². The average Bonchev–Trinajstić information content (AvgIpc) is 3.34. The van der Waals surface area contributed by atoms with Crippen LogP contribution in [0.2, 0.25) is 0 Å². The first-order valence-corrected chi connectivity index (χ1v) is 12.4. The first-order chi connectivity index (χ1) is 15.2. The Labute approximate surface area is 190 Å². The van der Waals surface area contributed by atoms with E-state index in [0.717, 1.165) is 45.6 Å². The number of Topliss-reactive ketones (excluding diaryl/α,β-unsaturated/α-hetero) is 1. The van der Waals surface area contributed by atoms with Gasteiger partial charge in [-0.25, -0.2) is 0 Å². The number of fused-ring (bicyclic) bond motifs is 2. The third kappa shape index (κ3) is 3.22. The largest absolute Gasteiger partial charge is 0.439 e. The molecule has 2 heterocycles. The molecule has 0 fully saturated rings. The van der Waals surface area contributed by atoms with Gasteiger partial charge in [-0.15, -0.1) is 11.8 Å². The minimum Gasteiger partial charge on any atom is -0.439 e. The van der Waals surface area contributed by atoms with Crippen molar-refractivity contribution in [1.29, 1.82) is 0 Å². The second-order valence-electron chi connectivity index (χ2n) is 7.28. The van der Waals surface area contributed by atoms with Crippen molar-refractivity contribution in [2.24, 2.45) is 0 Å². The summed E-state index contributed by atoms with van der Waals surface area (Å²) >= 11 is 3.34. The predicted molar refractivity (Wildman–Crippen MR) is 129 cm³/mol. The van der Waals surface area contributed by atoms with Crippen LogP contribution < -0.4 is 14.2 Å². The van der Waals surface area contributed by atoms with Crippen molar-refractivity contribution < 1.29 is 14.1 Å². The highest BCUT2D eigenvalue weighted by Gasteiger charge is 2.35. The molecule has 6 heteroatoms. The third-order valence-corrected chi connectivity index (χ3v) is 7.58. The van der Waals surface area contributed by atoms with Crippen molar-refractivity contribution in [3.63, 3.8) is 0 Å². The minimum absolute atomic E-state index is 0.0765. The second kappa shape index (κ2) is 8.02. The summed E-state index contributed by atoms with van der Waals surface area (Å²) in [5, 5.41) is 1.10. The molecule has 0 radical (unpaired) electrons. The zero-order chi connectivity index (χ0) is 21.5. The molecule has 1 aliphatic carbocycles. The molecule has 3 aromatic rings. The first-order valence-electron chi connectivity index (χ1n) is 10.4. The molecule has 0 saturated carbocycles. The molecule has 0 atom stereocenters. The highest BCUT2D eigenvalue weighted by molar-refractivity contribution is 8.02. The number of ether oxygens (including phenoxy) is 1. The van der Waals surface area contributed by atoms with E-state index in [1.807, 2.05) is 42.7 Å². The molecule has 0 N–H and O–H groups in total. The lowest BCUT2D eigenvalue weighted by Gasteiger charge is -2.23. The minimum atomic E-state index is 0.0765.